The number of rotatable bonds is 9. The van der Waals surface area contributed by atoms with Crippen LogP contribution < -0.4 is 9.46 Å². The van der Waals surface area contributed by atoms with Crippen molar-refractivity contribution >= 4 is 16.0 Å². The van der Waals surface area contributed by atoms with Crippen LogP contribution in [0.15, 0.2) is 53.4 Å². The normalized spacial score (nSPS) is 16.1. The minimum absolute atomic E-state index is 0.0575. The highest BCUT2D eigenvalue weighted by molar-refractivity contribution is 7.89. The van der Waals surface area contributed by atoms with Crippen molar-refractivity contribution in [2.75, 3.05) is 6.54 Å². The molecule has 0 spiro atoms. The van der Waals surface area contributed by atoms with E-state index in [0.717, 1.165) is 55.5 Å². The highest BCUT2D eigenvalue weighted by Gasteiger charge is 2.35. The lowest BCUT2D eigenvalue weighted by Gasteiger charge is -2.29. The zero-order valence-corrected chi connectivity index (χ0v) is 18.0. The Hall–Kier alpha value is -2.59. The SMILES string of the molecule is O=C(O)Cc1ccc(CC2(CNS(=O)(=O)c3ccc(OC(F)(F)F)cc3)CCCC2)cc1. The van der Waals surface area contributed by atoms with Gasteiger partial charge in [-0.3, -0.25) is 4.79 Å². The van der Waals surface area contributed by atoms with Crippen molar-refractivity contribution in [2.24, 2.45) is 5.41 Å². The molecular formula is C22H24F3NO5S. The minimum Gasteiger partial charge on any atom is -0.481 e. The number of hydrogen-bond donors (Lipinski definition) is 2. The van der Waals surface area contributed by atoms with Crippen LogP contribution in [0.5, 0.6) is 5.75 Å². The molecule has 1 aliphatic rings. The maximum atomic E-state index is 12.7. The molecule has 2 aromatic rings. The van der Waals surface area contributed by atoms with Gasteiger partial charge in [0, 0.05) is 6.54 Å². The fourth-order valence-electron chi connectivity index (χ4n) is 4.08. The highest BCUT2D eigenvalue weighted by Crippen LogP contribution is 2.41. The van der Waals surface area contributed by atoms with E-state index in [9.17, 15) is 26.4 Å². The summed E-state index contributed by atoms with van der Waals surface area (Å²) >= 11 is 0. The smallest absolute Gasteiger partial charge is 0.481 e. The molecule has 0 bridgehead atoms. The standard InChI is InChI=1S/C22H24F3NO5S/c23-22(24,25)31-18-7-9-19(10-8-18)32(29,30)26-15-21(11-1-2-12-21)14-17-5-3-16(4-6-17)13-20(27)28/h3-10,26H,1-2,11-15H2,(H,27,28). The topological polar surface area (TPSA) is 92.7 Å². The van der Waals surface area contributed by atoms with Crippen molar-refractivity contribution in [1.29, 1.82) is 0 Å². The van der Waals surface area contributed by atoms with E-state index in [-0.39, 0.29) is 23.3 Å². The molecule has 0 radical (unpaired) electrons. The summed E-state index contributed by atoms with van der Waals surface area (Å²) in [6.45, 7) is 0.201. The number of hydrogen-bond acceptors (Lipinski definition) is 4. The second-order valence-electron chi connectivity index (χ2n) is 8.11. The van der Waals surface area contributed by atoms with Gasteiger partial charge in [-0.1, -0.05) is 37.1 Å². The lowest BCUT2D eigenvalue weighted by molar-refractivity contribution is -0.274. The van der Waals surface area contributed by atoms with Crippen molar-refractivity contribution in [2.45, 2.75) is 49.8 Å². The largest absolute Gasteiger partial charge is 0.573 e. The van der Waals surface area contributed by atoms with E-state index in [1.165, 1.54) is 0 Å². The van der Waals surface area contributed by atoms with Gasteiger partial charge in [0.1, 0.15) is 5.75 Å². The zero-order chi connectivity index (χ0) is 23.4. The van der Waals surface area contributed by atoms with Gasteiger partial charge in [-0.05, 0) is 60.1 Å². The van der Waals surface area contributed by atoms with Crippen LogP contribution in [0.4, 0.5) is 13.2 Å². The van der Waals surface area contributed by atoms with E-state index in [4.69, 9.17) is 5.11 Å². The summed E-state index contributed by atoms with van der Waals surface area (Å²) in [5, 5.41) is 8.89. The first-order valence-electron chi connectivity index (χ1n) is 10.1. The number of aliphatic carboxylic acids is 1. The Kier molecular flexibility index (Phi) is 7.14. The van der Waals surface area contributed by atoms with Crippen molar-refractivity contribution in [3.63, 3.8) is 0 Å². The summed E-state index contributed by atoms with van der Waals surface area (Å²) in [7, 11) is -3.91. The van der Waals surface area contributed by atoms with Gasteiger partial charge in [0.25, 0.3) is 0 Å². The second kappa shape index (κ2) is 9.50. The average Bonchev–Trinajstić information content (AvgIpc) is 3.16. The van der Waals surface area contributed by atoms with Gasteiger partial charge in [-0.2, -0.15) is 0 Å². The minimum atomic E-state index is -4.85. The quantitative estimate of drug-likeness (QED) is 0.569. The van der Waals surface area contributed by atoms with Crippen molar-refractivity contribution in [3.8, 4) is 5.75 Å². The molecule has 1 saturated carbocycles. The number of carbonyl (C=O) groups is 1. The monoisotopic (exact) mass is 471 g/mol. The molecule has 3 rings (SSSR count). The van der Waals surface area contributed by atoms with Gasteiger partial charge in [-0.15, -0.1) is 13.2 Å². The fourth-order valence-corrected chi connectivity index (χ4v) is 5.23. The molecule has 1 aliphatic carbocycles. The predicted molar refractivity (Wildman–Crippen MR) is 111 cm³/mol. The van der Waals surface area contributed by atoms with Crippen LogP contribution in [0.3, 0.4) is 0 Å². The summed E-state index contributed by atoms with van der Waals surface area (Å²) in [5.41, 5.74) is 1.41. The number of carboxylic acid groups (broad SMARTS) is 1. The molecule has 2 N–H and O–H groups in total. The summed E-state index contributed by atoms with van der Waals surface area (Å²) < 4.78 is 68.7. The molecule has 0 aliphatic heterocycles. The van der Waals surface area contributed by atoms with E-state index >= 15 is 0 Å². The number of sulfonamides is 1. The van der Waals surface area contributed by atoms with Crippen LogP contribution >= 0.6 is 0 Å². The molecule has 0 saturated heterocycles. The lowest BCUT2D eigenvalue weighted by Crippen LogP contribution is -2.37. The van der Waals surface area contributed by atoms with E-state index in [1.807, 2.05) is 12.1 Å². The van der Waals surface area contributed by atoms with Crippen LogP contribution in [0, 0.1) is 5.41 Å². The molecular weight excluding hydrogens is 447 g/mol. The first kappa shape index (κ1) is 24.1. The molecule has 2 aromatic carbocycles. The van der Waals surface area contributed by atoms with E-state index < -0.39 is 28.1 Å². The number of benzene rings is 2. The Labute approximate surface area is 184 Å². The van der Waals surface area contributed by atoms with Gasteiger partial charge in [-0.25, -0.2) is 13.1 Å². The third kappa shape index (κ3) is 6.70. The third-order valence-corrected chi connectivity index (χ3v) is 7.04. The van der Waals surface area contributed by atoms with Gasteiger partial charge in [0.2, 0.25) is 10.0 Å². The van der Waals surface area contributed by atoms with Gasteiger partial charge >= 0.3 is 12.3 Å². The molecule has 1 fully saturated rings. The van der Waals surface area contributed by atoms with Gasteiger partial charge in [0.15, 0.2) is 0 Å². The number of ether oxygens (including phenoxy) is 1. The average molecular weight is 471 g/mol. The summed E-state index contributed by atoms with van der Waals surface area (Å²) in [4.78, 5) is 10.7. The van der Waals surface area contributed by atoms with Crippen LogP contribution in [0.1, 0.15) is 36.8 Å². The molecule has 0 aromatic heterocycles. The predicted octanol–water partition coefficient (Wildman–Crippen LogP) is 4.29. The Morgan fingerprint density at radius 2 is 1.56 bits per heavy atom. The van der Waals surface area contributed by atoms with E-state index in [1.54, 1.807) is 12.1 Å². The molecule has 0 unspecified atom stereocenters. The first-order valence-corrected chi connectivity index (χ1v) is 11.6. The van der Waals surface area contributed by atoms with Crippen LogP contribution in [0.2, 0.25) is 0 Å². The third-order valence-electron chi connectivity index (χ3n) is 5.63. The van der Waals surface area contributed by atoms with Crippen molar-refractivity contribution in [3.05, 3.63) is 59.7 Å². The molecule has 174 valence electrons. The number of nitrogens with one attached hydrogen (secondary N) is 1. The Balaban J connectivity index is 1.67. The van der Waals surface area contributed by atoms with Crippen LogP contribution in [0.25, 0.3) is 0 Å². The molecule has 0 atom stereocenters. The number of carboxylic acids is 1. The van der Waals surface area contributed by atoms with E-state index in [2.05, 4.69) is 9.46 Å². The van der Waals surface area contributed by atoms with Crippen molar-refractivity contribution < 1.29 is 36.2 Å². The summed E-state index contributed by atoms with van der Waals surface area (Å²) in [5.74, 6) is -1.40. The van der Waals surface area contributed by atoms with Gasteiger partial charge < -0.3 is 9.84 Å². The molecule has 10 heteroatoms. The first-order chi connectivity index (χ1) is 15.0. The van der Waals surface area contributed by atoms with E-state index in [0.29, 0.717) is 12.0 Å². The maximum Gasteiger partial charge on any atom is 0.573 e. The molecule has 32 heavy (non-hydrogen) atoms. The molecule has 0 amide bonds. The second-order valence-corrected chi connectivity index (χ2v) is 9.88. The fraction of sp³-hybridized carbons (Fsp3) is 0.409. The number of alkyl halides is 3. The lowest BCUT2D eigenvalue weighted by atomic mass is 9.80. The Bertz CT molecular complexity index is 1030. The van der Waals surface area contributed by atoms with Crippen LogP contribution in [-0.4, -0.2) is 32.4 Å². The van der Waals surface area contributed by atoms with Gasteiger partial charge in [0.05, 0.1) is 11.3 Å². The van der Waals surface area contributed by atoms with Crippen molar-refractivity contribution in [1.82, 2.24) is 4.72 Å². The highest BCUT2D eigenvalue weighted by atomic mass is 32.2. The molecule has 6 nitrogen and oxygen atoms in total. The Morgan fingerprint density at radius 3 is 2.09 bits per heavy atom. The maximum absolute atomic E-state index is 12.7. The zero-order valence-electron chi connectivity index (χ0n) is 17.2. The summed E-state index contributed by atoms with van der Waals surface area (Å²) in [6, 6.07) is 11.3. The van der Waals surface area contributed by atoms with Crippen LogP contribution in [-0.2, 0) is 27.7 Å². The summed E-state index contributed by atoms with van der Waals surface area (Å²) in [6.07, 6.45) is -0.640. The molecule has 0 heterocycles. The Morgan fingerprint density at radius 1 is 1.00 bits per heavy atom. The number of halogens is 3.